The van der Waals surface area contributed by atoms with Crippen LogP contribution in [0.5, 0.6) is 5.75 Å². The maximum absolute atomic E-state index is 14.9. The van der Waals surface area contributed by atoms with Crippen molar-refractivity contribution in [1.82, 2.24) is 9.88 Å². The number of halogens is 2. The molecule has 10 heteroatoms. The molecule has 2 aromatic carbocycles. The number of fused-ring (bicyclic) bond motifs is 1. The Morgan fingerprint density at radius 3 is 2.28 bits per heavy atom. The van der Waals surface area contributed by atoms with Gasteiger partial charge in [0.15, 0.2) is 0 Å². The standard InChI is InChI=1S/C26H28F2N4O4/c1-26(2,3)36-25(34)32-12-10-31(11-13-32)17-14-18(27)22(19(28)15-17)24(33)30-21-9-8-16-6-5-7-20(35-4)23(16)29-21/h5-9,14-15H,10-13H2,1-4H3,(H,29,30,33). The van der Waals surface area contributed by atoms with Gasteiger partial charge in [-0.3, -0.25) is 4.79 Å². The van der Waals surface area contributed by atoms with Crippen molar-refractivity contribution in [1.29, 1.82) is 0 Å². The number of carbonyl (C=O) groups excluding carboxylic acids is 2. The Labute approximate surface area is 207 Å². The van der Waals surface area contributed by atoms with Gasteiger partial charge < -0.3 is 24.6 Å². The molecule has 4 rings (SSSR count). The van der Waals surface area contributed by atoms with Gasteiger partial charge in [-0.15, -0.1) is 0 Å². The number of benzene rings is 2. The SMILES string of the molecule is COc1cccc2ccc(NC(=O)c3c(F)cc(N4CCN(C(=O)OC(C)(C)C)CC4)cc3F)nc12. The molecule has 1 aromatic heterocycles. The van der Waals surface area contributed by atoms with E-state index in [-0.39, 0.29) is 5.82 Å². The molecule has 1 fully saturated rings. The van der Waals surface area contributed by atoms with Crippen molar-refractivity contribution in [2.45, 2.75) is 26.4 Å². The van der Waals surface area contributed by atoms with Crippen LogP contribution in [0, 0.1) is 11.6 Å². The summed E-state index contributed by atoms with van der Waals surface area (Å²) in [5, 5.41) is 3.25. The zero-order chi connectivity index (χ0) is 26.0. The number of piperazine rings is 1. The van der Waals surface area contributed by atoms with E-state index in [2.05, 4.69) is 10.3 Å². The summed E-state index contributed by atoms with van der Waals surface area (Å²) in [5.74, 6) is -2.28. The highest BCUT2D eigenvalue weighted by molar-refractivity contribution is 6.05. The third-order valence-corrected chi connectivity index (χ3v) is 5.70. The number of anilines is 2. The normalized spacial score (nSPS) is 14.1. The van der Waals surface area contributed by atoms with Gasteiger partial charge in [0.25, 0.3) is 5.91 Å². The Balaban J connectivity index is 1.47. The summed E-state index contributed by atoms with van der Waals surface area (Å²) in [6.45, 7) is 6.79. The number of aromatic nitrogens is 1. The van der Waals surface area contributed by atoms with Gasteiger partial charge in [-0.2, -0.15) is 0 Å². The van der Waals surface area contributed by atoms with Gasteiger partial charge in [0.2, 0.25) is 0 Å². The minimum atomic E-state index is -0.990. The van der Waals surface area contributed by atoms with Crippen LogP contribution in [0.3, 0.4) is 0 Å². The summed E-state index contributed by atoms with van der Waals surface area (Å²) < 4.78 is 40.5. The number of amides is 2. The summed E-state index contributed by atoms with van der Waals surface area (Å²) >= 11 is 0. The van der Waals surface area contributed by atoms with Gasteiger partial charge in [-0.25, -0.2) is 18.6 Å². The smallest absolute Gasteiger partial charge is 0.410 e. The Bertz CT molecular complexity index is 1280. The molecular weight excluding hydrogens is 470 g/mol. The molecule has 0 atom stereocenters. The van der Waals surface area contributed by atoms with Crippen LogP contribution in [0.4, 0.5) is 25.1 Å². The van der Waals surface area contributed by atoms with E-state index in [9.17, 15) is 18.4 Å². The highest BCUT2D eigenvalue weighted by Crippen LogP contribution is 2.27. The van der Waals surface area contributed by atoms with Crippen LogP contribution in [0.1, 0.15) is 31.1 Å². The van der Waals surface area contributed by atoms with Gasteiger partial charge in [0, 0.05) is 37.3 Å². The lowest BCUT2D eigenvalue weighted by atomic mass is 10.1. The fourth-order valence-corrected chi connectivity index (χ4v) is 3.97. The number of nitrogens with one attached hydrogen (secondary N) is 1. The Morgan fingerprint density at radius 1 is 1.00 bits per heavy atom. The van der Waals surface area contributed by atoms with E-state index in [1.165, 1.54) is 7.11 Å². The Hall–Kier alpha value is -3.95. The number of hydrogen-bond donors (Lipinski definition) is 1. The van der Waals surface area contributed by atoms with E-state index in [0.717, 1.165) is 17.5 Å². The fraction of sp³-hybridized carbons (Fsp3) is 0.346. The molecule has 1 aliphatic rings. The molecule has 0 radical (unpaired) electrons. The maximum Gasteiger partial charge on any atom is 0.410 e. The average molecular weight is 499 g/mol. The van der Waals surface area contributed by atoms with Gasteiger partial charge in [-0.1, -0.05) is 12.1 Å². The van der Waals surface area contributed by atoms with Gasteiger partial charge in [-0.05, 0) is 51.1 Å². The molecular formula is C26H28F2N4O4. The number of pyridine rings is 1. The average Bonchev–Trinajstić information content (AvgIpc) is 2.82. The van der Waals surface area contributed by atoms with E-state index in [0.29, 0.717) is 43.1 Å². The van der Waals surface area contributed by atoms with Crippen molar-refractivity contribution in [2.24, 2.45) is 0 Å². The first-order chi connectivity index (χ1) is 17.1. The first-order valence-electron chi connectivity index (χ1n) is 11.5. The molecule has 2 amide bonds. The largest absolute Gasteiger partial charge is 0.494 e. The lowest BCUT2D eigenvalue weighted by Gasteiger charge is -2.36. The second kappa shape index (κ2) is 9.96. The topological polar surface area (TPSA) is 84.0 Å². The summed E-state index contributed by atoms with van der Waals surface area (Å²) in [7, 11) is 1.51. The van der Waals surface area contributed by atoms with Crippen molar-refractivity contribution in [2.75, 3.05) is 43.5 Å². The number of nitrogens with zero attached hydrogens (tertiary/aromatic N) is 3. The number of hydrogen-bond acceptors (Lipinski definition) is 6. The van der Waals surface area contributed by atoms with Crippen molar-refractivity contribution in [3.63, 3.8) is 0 Å². The summed E-state index contributed by atoms with van der Waals surface area (Å²) in [6.07, 6.45) is -0.425. The van der Waals surface area contributed by atoms with Crippen molar-refractivity contribution in [3.8, 4) is 5.75 Å². The lowest BCUT2D eigenvalue weighted by Crippen LogP contribution is -2.50. The predicted molar refractivity (Wildman–Crippen MR) is 133 cm³/mol. The van der Waals surface area contributed by atoms with Crippen LogP contribution in [0.15, 0.2) is 42.5 Å². The molecule has 190 valence electrons. The first-order valence-corrected chi connectivity index (χ1v) is 11.5. The molecule has 0 saturated carbocycles. The molecule has 36 heavy (non-hydrogen) atoms. The van der Waals surface area contributed by atoms with E-state index < -0.39 is 34.8 Å². The summed E-state index contributed by atoms with van der Waals surface area (Å²) in [4.78, 5) is 32.6. The van der Waals surface area contributed by atoms with Crippen LogP contribution in [-0.4, -0.2) is 60.8 Å². The van der Waals surface area contributed by atoms with Crippen LogP contribution in [0.25, 0.3) is 10.9 Å². The fourth-order valence-electron chi connectivity index (χ4n) is 3.97. The first kappa shape index (κ1) is 25.2. The van der Waals surface area contributed by atoms with Gasteiger partial charge in [0.05, 0.1) is 7.11 Å². The minimum absolute atomic E-state index is 0.137. The van der Waals surface area contributed by atoms with Crippen LogP contribution < -0.4 is 15.0 Å². The number of carbonyl (C=O) groups is 2. The van der Waals surface area contributed by atoms with Crippen LogP contribution in [0.2, 0.25) is 0 Å². The maximum atomic E-state index is 14.9. The lowest BCUT2D eigenvalue weighted by molar-refractivity contribution is 0.0240. The molecule has 0 spiro atoms. The predicted octanol–water partition coefficient (Wildman–Crippen LogP) is 4.83. The zero-order valence-corrected chi connectivity index (χ0v) is 20.6. The van der Waals surface area contributed by atoms with Crippen LogP contribution >= 0.6 is 0 Å². The highest BCUT2D eigenvalue weighted by Gasteiger charge is 2.27. The van der Waals surface area contributed by atoms with E-state index in [1.807, 2.05) is 12.1 Å². The third kappa shape index (κ3) is 5.48. The monoisotopic (exact) mass is 498 g/mol. The molecule has 2 heterocycles. The van der Waals surface area contributed by atoms with Crippen molar-refractivity contribution < 1.29 is 27.8 Å². The van der Waals surface area contributed by atoms with E-state index in [1.54, 1.807) is 48.8 Å². The second-order valence-corrected chi connectivity index (χ2v) is 9.42. The molecule has 1 saturated heterocycles. The third-order valence-electron chi connectivity index (χ3n) is 5.70. The van der Waals surface area contributed by atoms with E-state index >= 15 is 0 Å². The molecule has 0 bridgehead atoms. The Kier molecular flexibility index (Phi) is 6.96. The molecule has 0 aliphatic carbocycles. The van der Waals surface area contributed by atoms with Gasteiger partial charge >= 0.3 is 6.09 Å². The van der Waals surface area contributed by atoms with Crippen molar-refractivity contribution in [3.05, 3.63) is 59.7 Å². The number of para-hydroxylation sites is 1. The molecule has 1 aliphatic heterocycles. The number of methoxy groups -OCH3 is 1. The van der Waals surface area contributed by atoms with Crippen LogP contribution in [-0.2, 0) is 4.74 Å². The zero-order valence-electron chi connectivity index (χ0n) is 20.6. The Morgan fingerprint density at radius 2 is 1.67 bits per heavy atom. The number of ether oxygens (including phenoxy) is 2. The quantitative estimate of drug-likeness (QED) is 0.555. The minimum Gasteiger partial charge on any atom is -0.494 e. The second-order valence-electron chi connectivity index (χ2n) is 9.42. The summed E-state index contributed by atoms with van der Waals surface area (Å²) in [5.41, 5.74) is -0.502. The molecule has 3 aromatic rings. The molecule has 1 N–H and O–H groups in total. The molecule has 8 nitrogen and oxygen atoms in total. The summed E-state index contributed by atoms with van der Waals surface area (Å²) in [6, 6.07) is 10.9. The molecule has 0 unspecified atom stereocenters. The highest BCUT2D eigenvalue weighted by atomic mass is 19.1. The number of rotatable bonds is 4. The van der Waals surface area contributed by atoms with Gasteiger partial charge in [0.1, 0.15) is 39.9 Å². The van der Waals surface area contributed by atoms with E-state index in [4.69, 9.17) is 9.47 Å². The van der Waals surface area contributed by atoms with Crippen molar-refractivity contribution >= 4 is 34.4 Å².